The Morgan fingerprint density at radius 3 is 2.70 bits per heavy atom. The van der Waals surface area contributed by atoms with E-state index in [0.29, 0.717) is 0 Å². The maximum Gasteiger partial charge on any atom is 0.162 e. The highest BCUT2D eigenvalue weighted by molar-refractivity contribution is 7.99. The first-order chi connectivity index (χ1) is 9.61. The van der Waals surface area contributed by atoms with Crippen LogP contribution in [0.3, 0.4) is 0 Å². The molecule has 0 bridgehead atoms. The van der Waals surface area contributed by atoms with Crippen molar-refractivity contribution in [3.8, 4) is 11.5 Å². The second-order valence-corrected chi connectivity index (χ2v) is 6.84. The zero-order valence-corrected chi connectivity index (χ0v) is 13.5. The molecule has 0 fully saturated rings. The molecule has 0 saturated heterocycles. The van der Waals surface area contributed by atoms with E-state index in [1.54, 1.807) is 0 Å². The molecule has 0 aromatic heterocycles. The molecule has 1 N–H and O–H groups in total. The monoisotopic (exact) mass is 295 g/mol. The fourth-order valence-corrected chi connectivity index (χ4v) is 2.71. The Morgan fingerprint density at radius 1 is 1.20 bits per heavy atom. The largest absolute Gasteiger partial charge is 0.490 e. The lowest BCUT2D eigenvalue weighted by Gasteiger charge is -2.24. The van der Waals surface area contributed by atoms with Gasteiger partial charge >= 0.3 is 0 Å². The van der Waals surface area contributed by atoms with Gasteiger partial charge in [0, 0.05) is 29.2 Å². The van der Waals surface area contributed by atoms with E-state index in [2.05, 4.69) is 38.2 Å². The predicted molar refractivity (Wildman–Crippen MR) is 85.1 cm³/mol. The minimum absolute atomic E-state index is 0.227. The summed E-state index contributed by atoms with van der Waals surface area (Å²) in [5, 5.41) is 3.57. The summed E-state index contributed by atoms with van der Waals surface area (Å²) >= 11 is 1.85. The number of nitrogens with one attached hydrogen (secondary N) is 1. The highest BCUT2D eigenvalue weighted by Crippen LogP contribution is 2.33. The molecule has 1 aromatic rings. The summed E-state index contributed by atoms with van der Waals surface area (Å²) in [6.07, 6.45) is 2.09. The Kier molecular flexibility index (Phi) is 5.61. The normalized spacial score (nSPS) is 14.9. The van der Waals surface area contributed by atoms with E-state index >= 15 is 0 Å². The molecular formula is C16H25NO2S. The minimum atomic E-state index is 0.227. The van der Waals surface area contributed by atoms with Gasteiger partial charge in [0.15, 0.2) is 11.5 Å². The average molecular weight is 295 g/mol. The van der Waals surface area contributed by atoms with Crippen molar-refractivity contribution >= 4 is 11.8 Å². The van der Waals surface area contributed by atoms with Crippen LogP contribution < -0.4 is 14.8 Å². The molecule has 1 heterocycles. The molecule has 20 heavy (non-hydrogen) atoms. The predicted octanol–water partition coefficient (Wildman–Crippen LogP) is 3.72. The van der Waals surface area contributed by atoms with Crippen LogP contribution in [0.15, 0.2) is 23.1 Å². The lowest BCUT2D eigenvalue weighted by atomic mass is 10.0. The van der Waals surface area contributed by atoms with E-state index in [4.69, 9.17) is 9.47 Å². The number of hydrogen-bond donors (Lipinski definition) is 1. The first-order valence-corrected chi connectivity index (χ1v) is 8.37. The summed E-state index contributed by atoms with van der Waals surface area (Å²) in [7, 11) is 0. The molecule has 0 atom stereocenters. The lowest BCUT2D eigenvalue weighted by Crippen LogP contribution is -2.39. The van der Waals surface area contributed by atoms with Gasteiger partial charge in [-0.15, -0.1) is 11.8 Å². The molecule has 1 aliphatic heterocycles. The SMILES string of the molecule is CCC(C)(C)NCCSc1ccc2c(c1)OCCCO2. The van der Waals surface area contributed by atoms with Crippen LogP contribution in [0.5, 0.6) is 11.5 Å². The Labute approximate surface area is 126 Å². The van der Waals surface area contributed by atoms with Gasteiger partial charge in [0.2, 0.25) is 0 Å². The van der Waals surface area contributed by atoms with Gasteiger partial charge in [-0.2, -0.15) is 0 Å². The highest BCUT2D eigenvalue weighted by Gasteiger charge is 2.13. The standard InChI is InChI=1S/C16H25NO2S/c1-4-16(2,3)17-8-11-20-13-6-7-14-15(12-13)19-10-5-9-18-14/h6-7,12,17H,4-5,8-11H2,1-3H3. The topological polar surface area (TPSA) is 30.5 Å². The van der Waals surface area contributed by atoms with Crippen LogP contribution in [0, 0.1) is 0 Å². The quantitative estimate of drug-likeness (QED) is 0.640. The van der Waals surface area contributed by atoms with Crippen LogP contribution in [0.4, 0.5) is 0 Å². The van der Waals surface area contributed by atoms with E-state index in [0.717, 1.165) is 49.9 Å². The third kappa shape index (κ3) is 4.60. The van der Waals surface area contributed by atoms with Gasteiger partial charge in [-0.1, -0.05) is 6.92 Å². The van der Waals surface area contributed by atoms with Crippen molar-refractivity contribution in [2.45, 2.75) is 44.0 Å². The zero-order chi connectivity index (χ0) is 14.4. The first-order valence-electron chi connectivity index (χ1n) is 7.38. The number of hydrogen-bond acceptors (Lipinski definition) is 4. The van der Waals surface area contributed by atoms with Crippen molar-refractivity contribution in [1.29, 1.82) is 0 Å². The second-order valence-electron chi connectivity index (χ2n) is 5.67. The molecule has 1 aliphatic rings. The van der Waals surface area contributed by atoms with E-state index in [-0.39, 0.29) is 5.54 Å². The lowest BCUT2D eigenvalue weighted by molar-refractivity contribution is 0.297. The maximum atomic E-state index is 5.71. The van der Waals surface area contributed by atoms with Gasteiger partial charge < -0.3 is 14.8 Å². The first kappa shape index (κ1) is 15.5. The molecule has 0 spiro atoms. The van der Waals surface area contributed by atoms with Crippen molar-refractivity contribution < 1.29 is 9.47 Å². The van der Waals surface area contributed by atoms with Crippen LogP contribution >= 0.6 is 11.8 Å². The van der Waals surface area contributed by atoms with Crippen molar-refractivity contribution in [1.82, 2.24) is 5.32 Å². The van der Waals surface area contributed by atoms with Crippen LogP contribution in [-0.2, 0) is 0 Å². The third-order valence-electron chi connectivity index (χ3n) is 3.58. The van der Waals surface area contributed by atoms with Gasteiger partial charge in [-0.25, -0.2) is 0 Å². The zero-order valence-electron chi connectivity index (χ0n) is 12.7. The molecule has 0 saturated carbocycles. The summed E-state index contributed by atoms with van der Waals surface area (Å²) in [5.74, 6) is 2.81. The summed E-state index contributed by atoms with van der Waals surface area (Å²) in [6, 6.07) is 6.23. The van der Waals surface area contributed by atoms with Crippen molar-refractivity contribution in [3.05, 3.63) is 18.2 Å². The number of rotatable bonds is 6. The smallest absolute Gasteiger partial charge is 0.162 e. The molecule has 2 rings (SSSR count). The van der Waals surface area contributed by atoms with Gasteiger partial charge in [0.05, 0.1) is 13.2 Å². The van der Waals surface area contributed by atoms with Gasteiger partial charge in [0.25, 0.3) is 0 Å². The van der Waals surface area contributed by atoms with Crippen molar-refractivity contribution in [3.63, 3.8) is 0 Å². The number of ether oxygens (including phenoxy) is 2. The third-order valence-corrected chi connectivity index (χ3v) is 4.57. The fourth-order valence-electron chi connectivity index (χ4n) is 1.92. The van der Waals surface area contributed by atoms with Crippen molar-refractivity contribution in [2.24, 2.45) is 0 Å². The molecular weight excluding hydrogens is 270 g/mol. The van der Waals surface area contributed by atoms with Crippen LogP contribution in [0.25, 0.3) is 0 Å². The minimum Gasteiger partial charge on any atom is -0.490 e. The molecule has 0 unspecified atom stereocenters. The van der Waals surface area contributed by atoms with Gasteiger partial charge in [-0.05, 0) is 38.5 Å². The molecule has 4 heteroatoms. The van der Waals surface area contributed by atoms with E-state index < -0.39 is 0 Å². The number of thioether (sulfide) groups is 1. The van der Waals surface area contributed by atoms with E-state index in [1.807, 2.05) is 17.8 Å². The van der Waals surface area contributed by atoms with E-state index in [1.165, 1.54) is 4.90 Å². The molecule has 1 aromatic carbocycles. The van der Waals surface area contributed by atoms with E-state index in [9.17, 15) is 0 Å². The van der Waals surface area contributed by atoms with Gasteiger partial charge in [-0.3, -0.25) is 0 Å². The molecule has 112 valence electrons. The Hall–Kier alpha value is -0.870. The highest BCUT2D eigenvalue weighted by atomic mass is 32.2. The molecule has 0 aliphatic carbocycles. The Morgan fingerprint density at radius 2 is 1.95 bits per heavy atom. The van der Waals surface area contributed by atoms with Crippen LogP contribution in [0.2, 0.25) is 0 Å². The summed E-state index contributed by atoms with van der Waals surface area (Å²) in [6.45, 7) is 9.20. The van der Waals surface area contributed by atoms with Crippen molar-refractivity contribution in [2.75, 3.05) is 25.5 Å². The molecule has 3 nitrogen and oxygen atoms in total. The molecule has 0 radical (unpaired) electrons. The van der Waals surface area contributed by atoms with Crippen LogP contribution in [-0.4, -0.2) is 31.1 Å². The molecule has 0 amide bonds. The Balaban J connectivity index is 1.83. The van der Waals surface area contributed by atoms with Crippen LogP contribution in [0.1, 0.15) is 33.6 Å². The average Bonchev–Trinajstić information content (AvgIpc) is 2.68. The summed E-state index contributed by atoms with van der Waals surface area (Å²) in [5.41, 5.74) is 0.227. The number of benzene rings is 1. The maximum absolute atomic E-state index is 5.71. The van der Waals surface area contributed by atoms with Gasteiger partial charge in [0.1, 0.15) is 0 Å². The summed E-state index contributed by atoms with van der Waals surface area (Å²) in [4.78, 5) is 1.24. The Bertz CT molecular complexity index is 434. The second kappa shape index (κ2) is 7.23. The number of fused-ring (bicyclic) bond motifs is 1. The summed E-state index contributed by atoms with van der Waals surface area (Å²) < 4.78 is 11.4. The fraction of sp³-hybridized carbons (Fsp3) is 0.625.